The van der Waals surface area contributed by atoms with Crippen LogP contribution in [0.2, 0.25) is 0 Å². The number of esters is 1. The molecule has 1 atom stereocenters. The normalized spacial score (nSPS) is 11.5. The molecule has 2 aromatic carbocycles. The van der Waals surface area contributed by atoms with E-state index in [0.29, 0.717) is 17.9 Å². The molecule has 0 fully saturated rings. The van der Waals surface area contributed by atoms with Gasteiger partial charge in [-0.05, 0) is 31.4 Å². The van der Waals surface area contributed by atoms with Crippen molar-refractivity contribution in [1.82, 2.24) is 5.32 Å². The predicted molar refractivity (Wildman–Crippen MR) is 97.9 cm³/mol. The fraction of sp³-hybridized carbons (Fsp3) is 0.263. The smallest absolute Gasteiger partial charge is 0.340 e. The summed E-state index contributed by atoms with van der Waals surface area (Å²) >= 11 is 1.46. The molecule has 0 saturated carbocycles. The van der Waals surface area contributed by atoms with Crippen LogP contribution in [-0.2, 0) is 16.1 Å². The average Bonchev–Trinajstić information content (AvgIpc) is 2.65. The van der Waals surface area contributed by atoms with Gasteiger partial charge in [0.05, 0.1) is 12.7 Å². The van der Waals surface area contributed by atoms with Gasteiger partial charge in [-0.2, -0.15) is 0 Å². The average molecular weight is 359 g/mol. The first-order valence-corrected chi connectivity index (χ1v) is 9.03. The van der Waals surface area contributed by atoms with Gasteiger partial charge in [-0.15, -0.1) is 11.8 Å². The Bertz CT molecular complexity index is 748. The van der Waals surface area contributed by atoms with Crippen LogP contribution in [0, 0.1) is 0 Å². The van der Waals surface area contributed by atoms with Gasteiger partial charge in [-0.1, -0.05) is 30.3 Å². The molecular weight excluding hydrogens is 338 g/mol. The number of para-hydroxylation sites is 1. The molecule has 0 unspecified atom stereocenters. The molecule has 0 spiro atoms. The predicted octanol–water partition coefficient (Wildman–Crippen LogP) is 3.28. The van der Waals surface area contributed by atoms with Crippen LogP contribution < -0.4 is 10.1 Å². The van der Waals surface area contributed by atoms with Gasteiger partial charge in [0.15, 0.2) is 6.10 Å². The van der Waals surface area contributed by atoms with Gasteiger partial charge < -0.3 is 14.8 Å². The zero-order valence-electron chi connectivity index (χ0n) is 14.4. The van der Waals surface area contributed by atoms with Crippen LogP contribution in [0.5, 0.6) is 5.75 Å². The number of rotatable bonds is 7. The van der Waals surface area contributed by atoms with Gasteiger partial charge in [-0.3, -0.25) is 4.79 Å². The first-order valence-electron chi connectivity index (χ1n) is 7.80. The molecule has 132 valence electrons. The van der Waals surface area contributed by atoms with E-state index in [-0.39, 0.29) is 5.91 Å². The monoisotopic (exact) mass is 359 g/mol. The van der Waals surface area contributed by atoms with Crippen LogP contribution in [0.1, 0.15) is 22.8 Å². The largest absolute Gasteiger partial charge is 0.496 e. The number of nitrogens with one attached hydrogen (secondary N) is 1. The molecular formula is C19H21NO4S. The van der Waals surface area contributed by atoms with Crippen molar-refractivity contribution in [2.75, 3.05) is 13.4 Å². The third kappa shape index (κ3) is 5.00. The minimum absolute atomic E-state index is 0.298. The van der Waals surface area contributed by atoms with Crippen molar-refractivity contribution in [1.29, 1.82) is 0 Å². The standard InChI is InChI=1S/C19H21NO4S/c1-13(24-19(22)15-9-5-7-11-17(15)25-3)18(21)20-12-14-8-4-6-10-16(14)23-2/h4-11,13H,12H2,1-3H3,(H,20,21)/t13-/m1/s1. The van der Waals surface area contributed by atoms with Crippen molar-refractivity contribution >= 4 is 23.6 Å². The highest BCUT2D eigenvalue weighted by Gasteiger charge is 2.20. The minimum atomic E-state index is -0.892. The van der Waals surface area contributed by atoms with Crippen LogP contribution in [0.4, 0.5) is 0 Å². The molecule has 0 aliphatic heterocycles. The van der Waals surface area contributed by atoms with Crippen LogP contribution in [0.15, 0.2) is 53.4 Å². The van der Waals surface area contributed by atoms with Gasteiger partial charge in [-0.25, -0.2) is 4.79 Å². The molecule has 1 amide bonds. The summed E-state index contributed by atoms with van der Waals surface area (Å²) in [6, 6.07) is 14.6. The summed E-state index contributed by atoms with van der Waals surface area (Å²) in [6.45, 7) is 1.85. The van der Waals surface area contributed by atoms with Crippen molar-refractivity contribution in [2.24, 2.45) is 0 Å². The van der Waals surface area contributed by atoms with Crippen LogP contribution in [0.3, 0.4) is 0 Å². The lowest BCUT2D eigenvalue weighted by Crippen LogP contribution is -2.35. The third-order valence-corrected chi connectivity index (χ3v) is 4.42. The second kappa shape index (κ2) is 9.13. The molecule has 0 aromatic heterocycles. The number of carbonyl (C=O) groups is 2. The van der Waals surface area contributed by atoms with E-state index in [0.717, 1.165) is 10.5 Å². The number of hydrogen-bond acceptors (Lipinski definition) is 5. The van der Waals surface area contributed by atoms with Crippen LogP contribution >= 0.6 is 11.8 Å². The van der Waals surface area contributed by atoms with Gasteiger partial charge in [0, 0.05) is 17.0 Å². The quantitative estimate of drug-likeness (QED) is 0.607. The summed E-state index contributed by atoms with van der Waals surface area (Å²) in [7, 11) is 1.58. The SMILES string of the molecule is COc1ccccc1CNC(=O)[C@@H](C)OC(=O)c1ccccc1SC. The highest BCUT2D eigenvalue weighted by Crippen LogP contribution is 2.21. The van der Waals surface area contributed by atoms with Crippen molar-refractivity contribution in [3.63, 3.8) is 0 Å². The summed E-state index contributed by atoms with van der Waals surface area (Å²) in [5.41, 5.74) is 1.31. The van der Waals surface area contributed by atoms with Crippen LogP contribution in [-0.4, -0.2) is 31.3 Å². The molecule has 0 aliphatic carbocycles. The number of carbonyl (C=O) groups excluding carboxylic acids is 2. The Morgan fingerprint density at radius 2 is 1.80 bits per heavy atom. The Labute approximate surface area is 151 Å². The Morgan fingerprint density at radius 1 is 1.12 bits per heavy atom. The van der Waals surface area contributed by atoms with Crippen molar-refractivity contribution in [2.45, 2.75) is 24.5 Å². The molecule has 0 aliphatic rings. The Morgan fingerprint density at radius 3 is 2.52 bits per heavy atom. The van der Waals surface area contributed by atoms with Gasteiger partial charge in [0.25, 0.3) is 5.91 Å². The lowest BCUT2D eigenvalue weighted by atomic mass is 10.2. The number of hydrogen-bond donors (Lipinski definition) is 1. The van der Waals surface area contributed by atoms with Gasteiger partial charge >= 0.3 is 5.97 Å². The number of benzene rings is 2. The number of ether oxygens (including phenoxy) is 2. The molecule has 0 saturated heterocycles. The van der Waals surface area contributed by atoms with E-state index in [1.807, 2.05) is 42.7 Å². The lowest BCUT2D eigenvalue weighted by molar-refractivity contribution is -0.129. The van der Waals surface area contributed by atoms with Crippen molar-refractivity contribution in [3.8, 4) is 5.75 Å². The van der Waals surface area contributed by atoms with Crippen LogP contribution in [0.25, 0.3) is 0 Å². The maximum absolute atomic E-state index is 12.3. The third-order valence-electron chi connectivity index (χ3n) is 3.63. The van der Waals surface area contributed by atoms with Gasteiger partial charge in [0.2, 0.25) is 0 Å². The molecule has 2 rings (SSSR count). The zero-order chi connectivity index (χ0) is 18.2. The summed E-state index contributed by atoms with van der Waals surface area (Å²) in [4.78, 5) is 25.3. The number of amides is 1. The van der Waals surface area contributed by atoms with E-state index < -0.39 is 12.1 Å². The molecule has 5 nitrogen and oxygen atoms in total. The maximum atomic E-state index is 12.3. The summed E-state index contributed by atoms with van der Waals surface area (Å²) < 4.78 is 10.5. The molecule has 0 heterocycles. The number of thioether (sulfide) groups is 1. The van der Waals surface area contributed by atoms with E-state index in [9.17, 15) is 9.59 Å². The fourth-order valence-corrected chi connectivity index (χ4v) is 2.85. The second-order valence-electron chi connectivity index (χ2n) is 5.28. The highest BCUT2D eigenvalue weighted by atomic mass is 32.2. The maximum Gasteiger partial charge on any atom is 0.340 e. The Kier molecular flexibility index (Phi) is 6.89. The lowest BCUT2D eigenvalue weighted by Gasteiger charge is -2.15. The summed E-state index contributed by atoms with van der Waals surface area (Å²) in [5.74, 6) is -0.174. The topological polar surface area (TPSA) is 64.6 Å². The first-order chi connectivity index (χ1) is 12.1. The van der Waals surface area contributed by atoms with Crippen molar-refractivity contribution in [3.05, 3.63) is 59.7 Å². The van der Waals surface area contributed by atoms with E-state index in [1.54, 1.807) is 26.2 Å². The van der Waals surface area contributed by atoms with Gasteiger partial charge in [0.1, 0.15) is 5.75 Å². The molecule has 1 N–H and O–H groups in total. The fourth-order valence-electron chi connectivity index (χ4n) is 2.27. The molecule has 2 aromatic rings. The van der Waals surface area contributed by atoms with E-state index in [2.05, 4.69) is 5.32 Å². The zero-order valence-corrected chi connectivity index (χ0v) is 15.3. The number of methoxy groups -OCH3 is 1. The molecule has 0 bridgehead atoms. The first kappa shape index (κ1) is 18.9. The minimum Gasteiger partial charge on any atom is -0.496 e. The Hall–Kier alpha value is -2.47. The second-order valence-corrected chi connectivity index (χ2v) is 6.13. The van der Waals surface area contributed by atoms with E-state index in [4.69, 9.17) is 9.47 Å². The van der Waals surface area contributed by atoms with E-state index in [1.165, 1.54) is 11.8 Å². The molecule has 25 heavy (non-hydrogen) atoms. The summed E-state index contributed by atoms with van der Waals surface area (Å²) in [6.07, 6.45) is 0.993. The molecule has 0 radical (unpaired) electrons. The summed E-state index contributed by atoms with van der Waals surface area (Å²) in [5, 5.41) is 2.76. The molecule has 6 heteroatoms. The van der Waals surface area contributed by atoms with Crippen molar-refractivity contribution < 1.29 is 19.1 Å². The van der Waals surface area contributed by atoms with E-state index >= 15 is 0 Å². The Balaban J connectivity index is 1.95. The highest BCUT2D eigenvalue weighted by molar-refractivity contribution is 7.98.